The molecule has 28 heavy (non-hydrogen) atoms. The lowest BCUT2D eigenvalue weighted by atomic mass is 10.2. The second-order valence-electron chi connectivity index (χ2n) is 6.69. The molecule has 0 radical (unpaired) electrons. The fourth-order valence-electron chi connectivity index (χ4n) is 2.99. The molecule has 2 atom stereocenters. The first-order chi connectivity index (χ1) is 13.7. The molecule has 1 aliphatic rings. The number of hydrogen-bond acceptors (Lipinski definition) is 8. The van der Waals surface area contributed by atoms with E-state index in [1.807, 2.05) is 0 Å². The second kappa shape index (κ2) is 10.5. The summed E-state index contributed by atoms with van der Waals surface area (Å²) < 4.78 is 3.35. The predicted octanol–water partition coefficient (Wildman–Crippen LogP) is -2.49. The highest BCUT2D eigenvalue weighted by molar-refractivity contribution is 5.77. The topological polar surface area (TPSA) is 144 Å². The van der Waals surface area contributed by atoms with Crippen molar-refractivity contribution >= 4 is 11.8 Å². The summed E-state index contributed by atoms with van der Waals surface area (Å²) in [7, 11) is 0. The molecule has 4 N–H and O–H groups in total. The fraction of sp³-hybridized carbons (Fsp3) is 0.625. The molecule has 2 aromatic heterocycles. The van der Waals surface area contributed by atoms with E-state index in [1.54, 1.807) is 34.2 Å². The molecule has 2 amide bonds. The van der Waals surface area contributed by atoms with Gasteiger partial charge in [-0.15, -0.1) is 10.2 Å². The molecule has 12 heteroatoms. The van der Waals surface area contributed by atoms with Crippen molar-refractivity contribution in [3.8, 4) is 0 Å². The zero-order chi connectivity index (χ0) is 19.6. The van der Waals surface area contributed by atoms with Crippen LogP contribution in [0.15, 0.2) is 24.8 Å². The molecule has 152 valence electrons. The van der Waals surface area contributed by atoms with Crippen LogP contribution in [0.5, 0.6) is 0 Å². The maximum absolute atomic E-state index is 12.3. The van der Waals surface area contributed by atoms with Gasteiger partial charge in [0.1, 0.15) is 0 Å². The highest BCUT2D eigenvalue weighted by Crippen LogP contribution is 1.95. The van der Waals surface area contributed by atoms with Crippen LogP contribution in [0, 0.1) is 0 Å². The van der Waals surface area contributed by atoms with Gasteiger partial charge in [0.25, 0.3) is 0 Å². The first kappa shape index (κ1) is 19.9. The summed E-state index contributed by atoms with van der Waals surface area (Å²) in [5.74, 6) is -0.0679. The van der Waals surface area contributed by atoms with E-state index in [0.29, 0.717) is 52.1 Å². The lowest BCUT2D eigenvalue weighted by Crippen LogP contribution is -2.49. The quantitative estimate of drug-likeness (QED) is 0.449. The summed E-state index contributed by atoms with van der Waals surface area (Å²) in [4.78, 5) is 24.5. The Balaban J connectivity index is 1.55. The Kier molecular flexibility index (Phi) is 7.44. The van der Waals surface area contributed by atoms with Crippen molar-refractivity contribution in [1.82, 2.24) is 51.3 Å². The Morgan fingerprint density at radius 2 is 1.29 bits per heavy atom. The highest BCUT2D eigenvalue weighted by atomic mass is 16.2. The smallest absolute Gasteiger partial charge is 0.221 e. The van der Waals surface area contributed by atoms with Crippen LogP contribution in [0.1, 0.15) is 12.8 Å². The van der Waals surface area contributed by atoms with Crippen molar-refractivity contribution in [2.75, 3.05) is 26.2 Å². The van der Waals surface area contributed by atoms with Crippen molar-refractivity contribution < 1.29 is 9.59 Å². The van der Waals surface area contributed by atoms with Gasteiger partial charge in [-0.25, -0.2) is 0 Å². The number of aromatic nitrogens is 6. The molecule has 1 aliphatic heterocycles. The third kappa shape index (κ3) is 6.70. The summed E-state index contributed by atoms with van der Waals surface area (Å²) in [5, 5.41) is 27.9. The average Bonchev–Trinajstić information content (AvgIpc) is 3.35. The molecular formula is C16H26N10O2. The van der Waals surface area contributed by atoms with Gasteiger partial charge in [-0.05, 0) is 0 Å². The van der Waals surface area contributed by atoms with E-state index < -0.39 is 0 Å². The monoisotopic (exact) mass is 390 g/mol. The van der Waals surface area contributed by atoms with Crippen LogP contribution in [0.4, 0.5) is 0 Å². The Bertz CT molecular complexity index is 656. The third-order valence-electron chi connectivity index (χ3n) is 4.33. The minimum atomic E-state index is -0.139. The first-order valence-electron chi connectivity index (χ1n) is 9.37. The normalized spacial score (nSPS) is 22.9. The molecule has 1 saturated heterocycles. The van der Waals surface area contributed by atoms with Crippen LogP contribution in [0.25, 0.3) is 0 Å². The molecule has 1 fully saturated rings. The third-order valence-corrected chi connectivity index (χ3v) is 4.33. The SMILES string of the molecule is O=C1CCNC[C@@H](Cn2ccnn2)NC(=O)CCNC[C@H](Cn2ccnn2)N1. The molecule has 3 heterocycles. The van der Waals surface area contributed by atoms with Crippen LogP contribution in [-0.2, 0) is 22.7 Å². The number of rotatable bonds is 4. The number of carbonyl (C=O) groups excluding carboxylic acids is 2. The van der Waals surface area contributed by atoms with Gasteiger partial charge >= 0.3 is 0 Å². The van der Waals surface area contributed by atoms with Crippen molar-refractivity contribution in [3.63, 3.8) is 0 Å². The molecule has 0 unspecified atom stereocenters. The fourth-order valence-corrected chi connectivity index (χ4v) is 2.99. The molecule has 2 aromatic rings. The van der Waals surface area contributed by atoms with E-state index in [2.05, 4.69) is 41.9 Å². The molecule has 12 nitrogen and oxygen atoms in total. The van der Waals surface area contributed by atoms with E-state index in [1.165, 1.54) is 0 Å². The minimum absolute atomic E-state index is 0.0339. The van der Waals surface area contributed by atoms with E-state index in [0.717, 1.165) is 0 Å². The zero-order valence-corrected chi connectivity index (χ0v) is 15.6. The molecule has 0 aliphatic carbocycles. The standard InChI is InChI=1S/C16H26N10O2/c27-15-1-3-17-9-14(12-26-8-6-20-24-26)22-16(28)2-4-18-10-13(21-15)11-25-7-5-19-23-25/h5-8,13-14,17-18H,1-4,9-12H2,(H,21,27)(H,22,28)/t13-,14+. The van der Waals surface area contributed by atoms with Gasteiger partial charge in [0.05, 0.1) is 37.6 Å². The summed E-state index contributed by atoms with van der Waals surface area (Å²) >= 11 is 0. The number of nitrogens with zero attached hydrogens (tertiary/aromatic N) is 6. The van der Waals surface area contributed by atoms with Crippen LogP contribution in [0.3, 0.4) is 0 Å². The molecular weight excluding hydrogens is 364 g/mol. The summed E-state index contributed by atoms with van der Waals surface area (Å²) in [6, 6.07) is -0.277. The molecule has 0 saturated carbocycles. The van der Waals surface area contributed by atoms with Gasteiger partial charge in [-0.2, -0.15) is 0 Å². The number of carbonyl (C=O) groups is 2. The van der Waals surface area contributed by atoms with E-state index in [-0.39, 0.29) is 23.9 Å². The van der Waals surface area contributed by atoms with Crippen LogP contribution >= 0.6 is 0 Å². The lowest BCUT2D eigenvalue weighted by Gasteiger charge is -2.22. The molecule has 0 aromatic carbocycles. The second-order valence-corrected chi connectivity index (χ2v) is 6.69. The Morgan fingerprint density at radius 3 is 1.68 bits per heavy atom. The number of hydrogen-bond donors (Lipinski definition) is 4. The first-order valence-corrected chi connectivity index (χ1v) is 9.37. The largest absolute Gasteiger partial charge is 0.350 e. The predicted molar refractivity (Wildman–Crippen MR) is 98.9 cm³/mol. The van der Waals surface area contributed by atoms with Crippen molar-refractivity contribution in [2.45, 2.75) is 38.0 Å². The zero-order valence-electron chi connectivity index (χ0n) is 15.6. The Hall–Kier alpha value is -2.86. The average molecular weight is 390 g/mol. The summed E-state index contributed by atoms with van der Waals surface area (Å²) in [5.41, 5.74) is 0. The van der Waals surface area contributed by atoms with Gasteiger partial charge < -0.3 is 21.3 Å². The van der Waals surface area contributed by atoms with Gasteiger partial charge in [0.2, 0.25) is 11.8 Å². The van der Waals surface area contributed by atoms with Crippen molar-refractivity contribution in [2.24, 2.45) is 0 Å². The van der Waals surface area contributed by atoms with Crippen LogP contribution in [-0.4, -0.2) is 80.1 Å². The van der Waals surface area contributed by atoms with Crippen molar-refractivity contribution in [1.29, 1.82) is 0 Å². The molecule has 0 spiro atoms. The molecule has 0 bridgehead atoms. The lowest BCUT2D eigenvalue weighted by molar-refractivity contribution is -0.123. The van der Waals surface area contributed by atoms with E-state index in [4.69, 9.17) is 0 Å². The van der Waals surface area contributed by atoms with Crippen LogP contribution < -0.4 is 21.3 Å². The van der Waals surface area contributed by atoms with Crippen LogP contribution in [0.2, 0.25) is 0 Å². The number of nitrogens with one attached hydrogen (secondary N) is 4. The minimum Gasteiger partial charge on any atom is -0.350 e. The Labute approximate surface area is 162 Å². The van der Waals surface area contributed by atoms with Crippen molar-refractivity contribution in [3.05, 3.63) is 24.8 Å². The maximum atomic E-state index is 12.3. The van der Waals surface area contributed by atoms with Gasteiger partial charge in [0.15, 0.2) is 0 Å². The highest BCUT2D eigenvalue weighted by Gasteiger charge is 2.17. The van der Waals surface area contributed by atoms with Gasteiger partial charge in [0, 0.05) is 51.4 Å². The Morgan fingerprint density at radius 1 is 0.821 bits per heavy atom. The maximum Gasteiger partial charge on any atom is 0.221 e. The molecule has 3 rings (SSSR count). The summed E-state index contributed by atoms with van der Waals surface area (Å²) in [6.07, 6.45) is 7.39. The van der Waals surface area contributed by atoms with E-state index in [9.17, 15) is 9.59 Å². The van der Waals surface area contributed by atoms with E-state index >= 15 is 0 Å². The van der Waals surface area contributed by atoms with Gasteiger partial charge in [-0.1, -0.05) is 10.4 Å². The number of amides is 2. The van der Waals surface area contributed by atoms with Gasteiger partial charge in [-0.3, -0.25) is 19.0 Å². The summed E-state index contributed by atoms with van der Waals surface area (Å²) in [6.45, 7) is 3.12.